The lowest BCUT2D eigenvalue weighted by molar-refractivity contribution is 0.0909. The summed E-state index contributed by atoms with van der Waals surface area (Å²) in [6.07, 6.45) is 0. The van der Waals surface area contributed by atoms with Crippen LogP contribution in [0.1, 0.15) is 40.9 Å². The van der Waals surface area contributed by atoms with Gasteiger partial charge in [0, 0.05) is 0 Å². The van der Waals surface area contributed by atoms with Gasteiger partial charge in [-0.2, -0.15) is 0 Å². The number of benzene rings is 1. The van der Waals surface area contributed by atoms with Crippen molar-refractivity contribution in [3.05, 3.63) is 28.3 Å². The first-order valence-electron chi connectivity index (χ1n) is 5.68. The Labute approximate surface area is 103 Å². The number of Topliss-reactive ketones (excluding diaryl/α,β-unsaturated/α-hetero) is 1. The Morgan fingerprint density at radius 3 is 2.18 bits per heavy atom. The molecule has 0 saturated heterocycles. The van der Waals surface area contributed by atoms with Crippen molar-refractivity contribution in [3.63, 3.8) is 0 Å². The monoisotopic (exact) mass is 235 g/mol. The fourth-order valence-corrected chi connectivity index (χ4v) is 1.91. The van der Waals surface area contributed by atoms with Crippen LogP contribution in [0.2, 0.25) is 0 Å². The summed E-state index contributed by atoms with van der Waals surface area (Å²) >= 11 is 0. The molecule has 17 heavy (non-hydrogen) atoms. The van der Waals surface area contributed by atoms with Gasteiger partial charge in [0.15, 0.2) is 5.78 Å². The maximum Gasteiger partial charge on any atom is 0.186 e. The summed E-state index contributed by atoms with van der Waals surface area (Å²) in [4.78, 5) is 12.3. The number of hydrogen-bond acceptors (Lipinski definition) is 3. The third-order valence-corrected chi connectivity index (χ3v) is 3.00. The topological polar surface area (TPSA) is 52.3 Å². The number of ketones is 1. The van der Waals surface area contributed by atoms with Crippen molar-refractivity contribution in [1.82, 2.24) is 0 Å². The van der Waals surface area contributed by atoms with Crippen molar-refractivity contribution in [2.75, 3.05) is 7.11 Å². The van der Waals surface area contributed by atoms with Gasteiger partial charge in [-0.15, -0.1) is 0 Å². The zero-order chi connectivity index (χ0) is 13.4. The second kappa shape index (κ2) is 4.49. The van der Waals surface area contributed by atoms with Gasteiger partial charge in [-0.05, 0) is 51.3 Å². The quantitative estimate of drug-likeness (QED) is 0.819. The van der Waals surface area contributed by atoms with Crippen LogP contribution in [0.3, 0.4) is 0 Å². The van der Waals surface area contributed by atoms with E-state index in [-0.39, 0.29) is 5.78 Å². The summed E-state index contributed by atoms with van der Waals surface area (Å²) < 4.78 is 5.38. The number of ether oxygens (including phenoxy) is 1. The number of hydrogen-bond donors (Lipinski definition) is 1. The summed E-state index contributed by atoms with van der Waals surface area (Å²) in [6.45, 7) is 9.29. The highest BCUT2D eigenvalue weighted by molar-refractivity contribution is 6.06. The Bertz CT molecular complexity index is 456. The number of carbonyl (C=O) groups excluding carboxylic acids is 1. The lowest BCUT2D eigenvalue weighted by atomic mass is 9.88. The molecule has 0 aliphatic heterocycles. The van der Waals surface area contributed by atoms with Crippen molar-refractivity contribution in [2.45, 2.75) is 40.2 Å². The van der Waals surface area contributed by atoms with Crippen molar-refractivity contribution < 1.29 is 9.53 Å². The molecule has 0 heterocycles. The van der Waals surface area contributed by atoms with Crippen LogP contribution in [-0.4, -0.2) is 18.4 Å². The van der Waals surface area contributed by atoms with Gasteiger partial charge in [-0.1, -0.05) is 6.07 Å². The first kappa shape index (κ1) is 13.7. The number of aryl methyl sites for hydroxylation is 2. The fourth-order valence-electron chi connectivity index (χ4n) is 1.91. The van der Waals surface area contributed by atoms with Gasteiger partial charge in [-0.25, -0.2) is 0 Å². The van der Waals surface area contributed by atoms with E-state index in [1.807, 2.05) is 26.8 Å². The van der Waals surface area contributed by atoms with Crippen LogP contribution in [0.4, 0.5) is 0 Å². The molecule has 0 amide bonds. The van der Waals surface area contributed by atoms with Crippen LogP contribution in [0, 0.1) is 20.8 Å². The largest absolute Gasteiger partial charge is 0.496 e. The van der Waals surface area contributed by atoms with Gasteiger partial charge in [0.25, 0.3) is 0 Å². The average molecular weight is 235 g/mol. The molecule has 0 bridgehead atoms. The molecular weight excluding hydrogens is 214 g/mol. The van der Waals surface area contributed by atoms with E-state index < -0.39 is 5.54 Å². The lowest BCUT2D eigenvalue weighted by Crippen LogP contribution is -2.42. The Morgan fingerprint density at radius 1 is 1.24 bits per heavy atom. The van der Waals surface area contributed by atoms with E-state index in [0.29, 0.717) is 11.3 Å². The normalized spacial score (nSPS) is 11.5. The third kappa shape index (κ3) is 2.50. The van der Waals surface area contributed by atoms with Crippen LogP contribution < -0.4 is 10.5 Å². The van der Waals surface area contributed by atoms with Crippen molar-refractivity contribution in [1.29, 1.82) is 0 Å². The molecule has 0 aromatic heterocycles. The van der Waals surface area contributed by atoms with E-state index in [4.69, 9.17) is 10.5 Å². The second-order valence-corrected chi connectivity index (χ2v) is 5.09. The standard InChI is InChI=1S/C14H21NO2/c1-8-7-9(2)11(12(17-6)10(8)3)13(16)14(4,5)15/h7H,15H2,1-6H3. The molecule has 3 heteroatoms. The number of nitrogens with two attached hydrogens (primary N) is 1. The Morgan fingerprint density at radius 2 is 1.76 bits per heavy atom. The van der Waals surface area contributed by atoms with Crippen molar-refractivity contribution >= 4 is 5.78 Å². The molecule has 3 nitrogen and oxygen atoms in total. The molecule has 0 aliphatic carbocycles. The predicted molar refractivity (Wildman–Crippen MR) is 69.8 cm³/mol. The highest BCUT2D eigenvalue weighted by atomic mass is 16.5. The molecule has 1 aromatic rings. The van der Waals surface area contributed by atoms with Gasteiger partial charge in [0.2, 0.25) is 0 Å². The van der Waals surface area contributed by atoms with Crippen LogP contribution in [0.5, 0.6) is 5.75 Å². The average Bonchev–Trinajstić information content (AvgIpc) is 2.20. The van der Waals surface area contributed by atoms with Crippen LogP contribution >= 0.6 is 0 Å². The Hall–Kier alpha value is -1.35. The van der Waals surface area contributed by atoms with Crippen LogP contribution in [-0.2, 0) is 0 Å². The minimum atomic E-state index is -0.889. The van der Waals surface area contributed by atoms with Gasteiger partial charge >= 0.3 is 0 Å². The molecule has 0 atom stereocenters. The molecule has 2 N–H and O–H groups in total. The van der Waals surface area contributed by atoms with E-state index in [1.165, 1.54) is 0 Å². The summed E-state index contributed by atoms with van der Waals surface area (Å²) in [6, 6.07) is 2.00. The lowest BCUT2D eigenvalue weighted by Gasteiger charge is -2.22. The first-order valence-corrected chi connectivity index (χ1v) is 5.68. The number of methoxy groups -OCH3 is 1. The number of carbonyl (C=O) groups is 1. The predicted octanol–water partition coefficient (Wildman–Crippen LogP) is 2.54. The minimum absolute atomic E-state index is 0.0880. The Kier molecular flexibility index (Phi) is 3.62. The highest BCUT2D eigenvalue weighted by Crippen LogP contribution is 2.31. The van der Waals surface area contributed by atoms with E-state index in [0.717, 1.165) is 16.7 Å². The first-order chi connectivity index (χ1) is 7.70. The molecule has 0 unspecified atom stereocenters. The summed E-state index contributed by atoms with van der Waals surface area (Å²) in [5, 5.41) is 0. The molecule has 0 saturated carbocycles. The van der Waals surface area contributed by atoms with Gasteiger partial charge in [0.05, 0.1) is 18.2 Å². The molecule has 0 aliphatic rings. The zero-order valence-electron chi connectivity index (χ0n) is 11.5. The summed E-state index contributed by atoms with van der Waals surface area (Å²) in [7, 11) is 1.58. The maximum absolute atomic E-state index is 12.3. The number of rotatable bonds is 3. The van der Waals surface area contributed by atoms with Crippen LogP contribution in [0.25, 0.3) is 0 Å². The van der Waals surface area contributed by atoms with E-state index >= 15 is 0 Å². The third-order valence-electron chi connectivity index (χ3n) is 3.00. The van der Waals surface area contributed by atoms with E-state index in [9.17, 15) is 4.79 Å². The summed E-state index contributed by atoms with van der Waals surface area (Å²) in [5.41, 5.74) is 8.62. The van der Waals surface area contributed by atoms with Gasteiger partial charge < -0.3 is 10.5 Å². The molecule has 1 aromatic carbocycles. The van der Waals surface area contributed by atoms with Crippen molar-refractivity contribution in [3.8, 4) is 5.75 Å². The molecule has 0 spiro atoms. The van der Waals surface area contributed by atoms with Gasteiger partial charge in [-0.3, -0.25) is 4.79 Å². The molecule has 94 valence electrons. The van der Waals surface area contributed by atoms with E-state index in [1.54, 1.807) is 21.0 Å². The minimum Gasteiger partial charge on any atom is -0.496 e. The Balaban J connectivity index is 3.53. The molecule has 0 radical (unpaired) electrons. The molecular formula is C14H21NO2. The van der Waals surface area contributed by atoms with Crippen molar-refractivity contribution in [2.24, 2.45) is 5.73 Å². The highest BCUT2D eigenvalue weighted by Gasteiger charge is 2.29. The second-order valence-electron chi connectivity index (χ2n) is 5.09. The summed E-state index contributed by atoms with van der Waals surface area (Å²) in [5.74, 6) is 0.556. The molecule has 0 fully saturated rings. The zero-order valence-corrected chi connectivity index (χ0v) is 11.5. The molecule has 1 rings (SSSR count). The van der Waals surface area contributed by atoms with E-state index in [2.05, 4.69) is 0 Å². The smallest absolute Gasteiger partial charge is 0.186 e. The SMILES string of the molecule is COc1c(C)c(C)cc(C)c1C(=O)C(C)(C)N. The van der Waals surface area contributed by atoms with Crippen LogP contribution in [0.15, 0.2) is 6.07 Å². The fraction of sp³-hybridized carbons (Fsp3) is 0.500. The maximum atomic E-state index is 12.3. The van der Waals surface area contributed by atoms with Gasteiger partial charge in [0.1, 0.15) is 5.75 Å².